The van der Waals surface area contributed by atoms with Gasteiger partial charge in [0.05, 0.1) is 24.7 Å². The molecule has 2 rings (SSSR count). The van der Waals surface area contributed by atoms with Gasteiger partial charge in [0.2, 0.25) is 5.95 Å². The number of nitrogens with zero attached hydrogens (tertiary/aromatic N) is 3. The molecule has 2 N–H and O–H groups in total. The third kappa shape index (κ3) is 3.81. The molecule has 1 fully saturated rings. The number of anilines is 2. The Hall–Kier alpha value is -1.85. The summed E-state index contributed by atoms with van der Waals surface area (Å²) in [6.45, 7) is 4.03. The minimum absolute atomic E-state index is 0.0929. The number of hydrogen-bond acceptors (Lipinski definition) is 6. The van der Waals surface area contributed by atoms with Crippen LogP contribution in [0.25, 0.3) is 0 Å². The number of carbonyl (C=O) groups is 1. The first-order valence-corrected chi connectivity index (χ1v) is 6.67. The summed E-state index contributed by atoms with van der Waals surface area (Å²) in [5, 5.41) is 0. The predicted molar refractivity (Wildman–Crippen MR) is 72.6 cm³/mol. The zero-order valence-corrected chi connectivity index (χ0v) is 11.2. The highest BCUT2D eigenvalue weighted by molar-refractivity contribution is 5.69. The number of piperidine rings is 1. The van der Waals surface area contributed by atoms with Gasteiger partial charge in [0.25, 0.3) is 0 Å². The van der Waals surface area contributed by atoms with Gasteiger partial charge in [-0.2, -0.15) is 0 Å². The molecule has 1 saturated heterocycles. The number of nitrogens with two attached hydrogens (primary N) is 1. The van der Waals surface area contributed by atoms with Crippen molar-refractivity contribution in [3.05, 3.63) is 12.4 Å². The molecule has 0 amide bonds. The van der Waals surface area contributed by atoms with Gasteiger partial charge in [-0.1, -0.05) is 0 Å². The molecule has 0 saturated carbocycles. The molecule has 2 heterocycles. The fraction of sp³-hybridized carbons (Fsp3) is 0.615. The van der Waals surface area contributed by atoms with E-state index in [1.165, 1.54) is 0 Å². The van der Waals surface area contributed by atoms with Gasteiger partial charge in [-0.25, -0.2) is 9.97 Å². The van der Waals surface area contributed by atoms with Crippen molar-refractivity contribution < 1.29 is 9.53 Å². The third-order valence-electron chi connectivity index (χ3n) is 3.32. The lowest BCUT2D eigenvalue weighted by Gasteiger charge is -2.31. The first-order valence-electron chi connectivity index (χ1n) is 6.67. The summed E-state index contributed by atoms with van der Waals surface area (Å²) in [5.74, 6) is 1.03. The standard InChI is InChI=1S/C13H20N4O2/c1-2-19-12(18)7-10-3-5-17(6-4-10)13-15-8-11(14)9-16-13/h8-10H,2-7,14H2,1H3. The molecule has 104 valence electrons. The number of hydrogen-bond donors (Lipinski definition) is 1. The Labute approximate surface area is 113 Å². The number of aromatic nitrogens is 2. The second-order valence-corrected chi connectivity index (χ2v) is 4.76. The van der Waals surface area contributed by atoms with E-state index >= 15 is 0 Å². The van der Waals surface area contributed by atoms with E-state index in [1.807, 2.05) is 6.92 Å². The first-order chi connectivity index (χ1) is 9.19. The number of ether oxygens (including phenoxy) is 1. The molecule has 0 radical (unpaired) electrons. The van der Waals surface area contributed by atoms with Gasteiger partial charge in [-0.15, -0.1) is 0 Å². The van der Waals surface area contributed by atoms with E-state index in [4.69, 9.17) is 10.5 Å². The van der Waals surface area contributed by atoms with Gasteiger partial charge in [-0.3, -0.25) is 4.79 Å². The average molecular weight is 264 g/mol. The van der Waals surface area contributed by atoms with Crippen molar-refractivity contribution in [2.24, 2.45) is 5.92 Å². The largest absolute Gasteiger partial charge is 0.466 e. The van der Waals surface area contributed by atoms with Crippen LogP contribution >= 0.6 is 0 Å². The summed E-state index contributed by atoms with van der Waals surface area (Å²) in [6, 6.07) is 0. The lowest BCUT2D eigenvalue weighted by molar-refractivity contribution is -0.144. The molecule has 1 aromatic heterocycles. The van der Waals surface area contributed by atoms with Crippen molar-refractivity contribution in [3.63, 3.8) is 0 Å². The maximum atomic E-state index is 11.4. The van der Waals surface area contributed by atoms with Crippen LogP contribution in [0.2, 0.25) is 0 Å². The summed E-state index contributed by atoms with van der Waals surface area (Å²) in [4.78, 5) is 22.0. The van der Waals surface area contributed by atoms with E-state index in [0.29, 0.717) is 30.6 Å². The summed E-state index contributed by atoms with van der Waals surface area (Å²) >= 11 is 0. The van der Waals surface area contributed by atoms with E-state index < -0.39 is 0 Å². The molecule has 6 heteroatoms. The van der Waals surface area contributed by atoms with Crippen molar-refractivity contribution in [2.45, 2.75) is 26.2 Å². The van der Waals surface area contributed by atoms with Crippen LogP contribution in [0, 0.1) is 5.92 Å². The van der Waals surface area contributed by atoms with E-state index in [1.54, 1.807) is 12.4 Å². The van der Waals surface area contributed by atoms with E-state index in [-0.39, 0.29) is 5.97 Å². The summed E-state index contributed by atoms with van der Waals surface area (Å²) in [7, 11) is 0. The molecule has 0 spiro atoms. The first kappa shape index (κ1) is 13.6. The molecule has 0 aromatic carbocycles. The minimum Gasteiger partial charge on any atom is -0.466 e. The maximum absolute atomic E-state index is 11.4. The quantitative estimate of drug-likeness (QED) is 0.824. The Morgan fingerprint density at radius 1 is 1.42 bits per heavy atom. The number of rotatable bonds is 4. The van der Waals surface area contributed by atoms with Gasteiger partial charge in [0.1, 0.15) is 0 Å². The smallest absolute Gasteiger partial charge is 0.306 e. The van der Waals surface area contributed by atoms with Crippen LogP contribution in [0.4, 0.5) is 11.6 Å². The molecule has 0 aliphatic carbocycles. The lowest BCUT2D eigenvalue weighted by atomic mass is 9.94. The highest BCUT2D eigenvalue weighted by atomic mass is 16.5. The molecule has 0 bridgehead atoms. The minimum atomic E-state index is -0.0929. The number of nitrogen functional groups attached to an aromatic ring is 1. The SMILES string of the molecule is CCOC(=O)CC1CCN(c2ncc(N)cn2)CC1. The van der Waals surface area contributed by atoms with Crippen LogP contribution in [0.5, 0.6) is 0 Å². The van der Waals surface area contributed by atoms with Gasteiger partial charge >= 0.3 is 5.97 Å². The molecule has 1 aliphatic heterocycles. The molecular formula is C13H20N4O2. The monoisotopic (exact) mass is 264 g/mol. The molecular weight excluding hydrogens is 244 g/mol. The molecule has 0 unspecified atom stereocenters. The zero-order chi connectivity index (χ0) is 13.7. The molecule has 6 nitrogen and oxygen atoms in total. The topological polar surface area (TPSA) is 81.3 Å². The molecule has 1 aromatic rings. The Morgan fingerprint density at radius 2 is 2.05 bits per heavy atom. The summed E-state index contributed by atoms with van der Waals surface area (Å²) in [5.41, 5.74) is 6.14. The van der Waals surface area contributed by atoms with Crippen molar-refractivity contribution >= 4 is 17.6 Å². The highest BCUT2D eigenvalue weighted by Crippen LogP contribution is 2.23. The van der Waals surface area contributed by atoms with Gasteiger partial charge in [-0.05, 0) is 25.7 Å². The number of carbonyl (C=O) groups excluding carboxylic acids is 1. The fourth-order valence-electron chi connectivity index (χ4n) is 2.29. The van der Waals surface area contributed by atoms with Crippen LogP contribution < -0.4 is 10.6 Å². The molecule has 1 aliphatic rings. The van der Waals surface area contributed by atoms with Crippen LogP contribution in [0.15, 0.2) is 12.4 Å². The molecule has 19 heavy (non-hydrogen) atoms. The van der Waals surface area contributed by atoms with E-state index in [0.717, 1.165) is 25.9 Å². The molecule has 0 atom stereocenters. The second kappa shape index (κ2) is 6.36. The van der Waals surface area contributed by atoms with Crippen LogP contribution in [-0.2, 0) is 9.53 Å². The van der Waals surface area contributed by atoms with Crippen LogP contribution in [0.1, 0.15) is 26.2 Å². The third-order valence-corrected chi connectivity index (χ3v) is 3.32. The summed E-state index contributed by atoms with van der Waals surface area (Å²) < 4.78 is 4.98. The van der Waals surface area contributed by atoms with Crippen LogP contribution in [0.3, 0.4) is 0 Å². The summed E-state index contributed by atoms with van der Waals surface area (Å²) in [6.07, 6.45) is 5.68. The van der Waals surface area contributed by atoms with Crippen LogP contribution in [-0.4, -0.2) is 35.6 Å². The lowest BCUT2D eigenvalue weighted by Crippen LogP contribution is -2.35. The Morgan fingerprint density at radius 3 is 2.63 bits per heavy atom. The maximum Gasteiger partial charge on any atom is 0.306 e. The van der Waals surface area contributed by atoms with Crippen molar-refractivity contribution in [1.29, 1.82) is 0 Å². The predicted octanol–water partition coefficient (Wildman–Crippen LogP) is 1.23. The zero-order valence-electron chi connectivity index (χ0n) is 11.2. The van der Waals surface area contributed by atoms with Gasteiger partial charge < -0.3 is 15.4 Å². The highest BCUT2D eigenvalue weighted by Gasteiger charge is 2.23. The fourth-order valence-corrected chi connectivity index (χ4v) is 2.29. The van der Waals surface area contributed by atoms with Crippen molar-refractivity contribution in [2.75, 3.05) is 30.3 Å². The Kier molecular flexibility index (Phi) is 4.54. The van der Waals surface area contributed by atoms with Gasteiger partial charge in [0, 0.05) is 19.5 Å². The Balaban J connectivity index is 1.82. The second-order valence-electron chi connectivity index (χ2n) is 4.76. The normalized spacial score (nSPS) is 16.4. The van der Waals surface area contributed by atoms with E-state index in [9.17, 15) is 4.79 Å². The average Bonchev–Trinajstić information content (AvgIpc) is 2.41. The van der Waals surface area contributed by atoms with E-state index in [2.05, 4.69) is 14.9 Å². The van der Waals surface area contributed by atoms with Crippen molar-refractivity contribution in [1.82, 2.24) is 9.97 Å². The van der Waals surface area contributed by atoms with Crippen molar-refractivity contribution in [3.8, 4) is 0 Å². The van der Waals surface area contributed by atoms with Gasteiger partial charge in [0.15, 0.2) is 0 Å². The Bertz CT molecular complexity index is 413. The number of esters is 1.